The molecule has 0 aromatic carbocycles. The Morgan fingerprint density at radius 1 is 0.833 bits per heavy atom. The van der Waals surface area contributed by atoms with Gasteiger partial charge in [-0.3, -0.25) is 0 Å². The minimum atomic E-state index is 1.06. The van der Waals surface area contributed by atoms with Crippen LogP contribution in [-0.2, 0) is 0 Å². The molecule has 2 saturated heterocycles. The first kappa shape index (κ1) is 11.7. The van der Waals surface area contributed by atoms with Gasteiger partial charge in [-0.05, 0) is 19.9 Å². The zero-order chi connectivity index (χ0) is 12.4. The third-order valence-electron chi connectivity index (χ3n) is 3.90. The number of hydrogen-bond acceptors (Lipinski definition) is 5. The van der Waals surface area contributed by atoms with Crippen molar-refractivity contribution in [3.05, 3.63) is 12.4 Å². The number of aromatic nitrogens is 2. The molecule has 0 N–H and O–H groups in total. The third-order valence-corrected chi connectivity index (χ3v) is 3.90. The van der Waals surface area contributed by atoms with Crippen molar-refractivity contribution in [2.24, 2.45) is 0 Å². The van der Waals surface area contributed by atoms with Gasteiger partial charge in [0.25, 0.3) is 0 Å². The van der Waals surface area contributed by atoms with Crippen LogP contribution in [0, 0.1) is 0 Å². The van der Waals surface area contributed by atoms with Crippen molar-refractivity contribution in [2.45, 2.75) is 12.8 Å². The zero-order valence-corrected chi connectivity index (χ0v) is 11.0. The Kier molecular flexibility index (Phi) is 3.32. The predicted molar refractivity (Wildman–Crippen MR) is 73.2 cm³/mol. The summed E-state index contributed by atoms with van der Waals surface area (Å²) in [4.78, 5) is 15.9. The monoisotopic (exact) mass is 247 g/mol. The van der Waals surface area contributed by atoms with Crippen LogP contribution in [0.5, 0.6) is 0 Å². The first-order chi connectivity index (χ1) is 8.83. The molecule has 0 atom stereocenters. The second-order valence-corrected chi connectivity index (χ2v) is 5.22. The van der Waals surface area contributed by atoms with Crippen molar-refractivity contribution in [2.75, 3.05) is 56.1 Å². The van der Waals surface area contributed by atoms with E-state index in [1.807, 2.05) is 0 Å². The standard InChI is InChI=1S/C13H21N5/c1-16-6-8-18(9-7-16)13-10-12(14-11-15-13)17-4-2-3-5-17/h10-11H,2-9H2,1H3. The van der Waals surface area contributed by atoms with Crippen LogP contribution in [0.4, 0.5) is 11.6 Å². The lowest BCUT2D eigenvalue weighted by Gasteiger charge is -2.33. The highest BCUT2D eigenvalue weighted by atomic mass is 15.3. The molecule has 5 nitrogen and oxygen atoms in total. The minimum Gasteiger partial charge on any atom is -0.356 e. The van der Waals surface area contributed by atoms with Crippen LogP contribution < -0.4 is 9.80 Å². The lowest BCUT2D eigenvalue weighted by molar-refractivity contribution is 0.312. The first-order valence-corrected chi connectivity index (χ1v) is 6.83. The lowest BCUT2D eigenvalue weighted by Crippen LogP contribution is -2.44. The van der Waals surface area contributed by atoms with E-state index in [1.54, 1.807) is 6.33 Å². The van der Waals surface area contributed by atoms with Gasteiger partial charge in [-0.2, -0.15) is 0 Å². The summed E-state index contributed by atoms with van der Waals surface area (Å²) < 4.78 is 0. The van der Waals surface area contributed by atoms with E-state index in [0.29, 0.717) is 0 Å². The smallest absolute Gasteiger partial charge is 0.134 e. The van der Waals surface area contributed by atoms with Gasteiger partial charge in [-0.25, -0.2) is 9.97 Å². The average molecular weight is 247 g/mol. The Morgan fingerprint density at radius 3 is 2.00 bits per heavy atom. The molecular weight excluding hydrogens is 226 g/mol. The second kappa shape index (κ2) is 5.10. The average Bonchev–Trinajstić information content (AvgIpc) is 2.94. The highest BCUT2D eigenvalue weighted by molar-refractivity contribution is 5.50. The molecule has 0 unspecified atom stereocenters. The van der Waals surface area contributed by atoms with Crippen molar-refractivity contribution >= 4 is 11.6 Å². The largest absolute Gasteiger partial charge is 0.356 e. The molecular formula is C13H21N5. The molecule has 98 valence electrons. The van der Waals surface area contributed by atoms with Crippen LogP contribution in [0.1, 0.15) is 12.8 Å². The first-order valence-electron chi connectivity index (χ1n) is 6.83. The van der Waals surface area contributed by atoms with Gasteiger partial charge in [0.1, 0.15) is 18.0 Å². The van der Waals surface area contributed by atoms with Crippen molar-refractivity contribution < 1.29 is 0 Å². The number of piperazine rings is 1. The van der Waals surface area contributed by atoms with E-state index in [9.17, 15) is 0 Å². The molecule has 1 aromatic heterocycles. The van der Waals surface area contributed by atoms with Gasteiger partial charge in [0.15, 0.2) is 0 Å². The summed E-state index contributed by atoms with van der Waals surface area (Å²) in [7, 11) is 2.17. The Morgan fingerprint density at radius 2 is 1.39 bits per heavy atom. The molecule has 2 fully saturated rings. The summed E-state index contributed by atoms with van der Waals surface area (Å²) in [6.45, 7) is 6.63. The van der Waals surface area contributed by atoms with Crippen LogP contribution in [-0.4, -0.2) is 61.2 Å². The maximum absolute atomic E-state index is 4.43. The molecule has 3 rings (SSSR count). The highest BCUT2D eigenvalue weighted by Gasteiger charge is 2.18. The van der Waals surface area contributed by atoms with Crippen molar-refractivity contribution in [1.29, 1.82) is 0 Å². The van der Waals surface area contributed by atoms with Gasteiger partial charge in [-0.1, -0.05) is 0 Å². The predicted octanol–water partition coefficient (Wildman–Crippen LogP) is 0.829. The Bertz CT molecular complexity index is 394. The Hall–Kier alpha value is -1.36. The fourth-order valence-electron chi connectivity index (χ4n) is 2.66. The molecule has 0 radical (unpaired) electrons. The molecule has 0 aliphatic carbocycles. The number of nitrogens with zero attached hydrogens (tertiary/aromatic N) is 5. The summed E-state index contributed by atoms with van der Waals surface area (Å²) in [6, 6.07) is 2.15. The van der Waals surface area contributed by atoms with E-state index in [2.05, 4.69) is 37.8 Å². The fourth-order valence-corrected chi connectivity index (χ4v) is 2.66. The highest BCUT2D eigenvalue weighted by Crippen LogP contribution is 2.21. The third kappa shape index (κ3) is 2.41. The van der Waals surface area contributed by atoms with Crippen LogP contribution in [0.2, 0.25) is 0 Å². The summed E-state index contributed by atoms with van der Waals surface area (Å²) in [6.07, 6.45) is 4.28. The van der Waals surface area contributed by atoms with Gasteiger partial charge in [0, 0.05) is 45.3 Å². The molecule has 18 heavy (non-hydrogen) atoms. The number of anilines is 2. The van der Waals surface area contributed by atoms with Crippen LogP contribution >= 0.6 is 0 Å². The van der Waals surface area contributed by atoms with Crippen molar-refractivity contribution in [1.82, 2.24) is 14.9 Å². The number of rotatable bonds is 2. The van der Waals surface area contributed by atoms with Crippen molar-refractivity contribution in [3.63, 3.8) is 0 Å². The maximum atomic E-state index is 4.43. The summed E-state index contributed by atoms with van der Waals surface area (Å²) in [5, 5.41) is 0. The van der Waals surface area contributed by atoms with E-state index >= 15 is 0 Å². The van der Waals surface area contributed by atoms with Gasteiger partial charge >= 0.3 is 0 Å². The van der Waals surface area contributed by atoms with Gasteiger partial charge in [-0.15, -0.1) is 0 Å². The Labute approximate surface area is 108 Å². The van der Waals surface area contributed by atoms with Crippen LogP contribution in [0.3, 0.4) is 0 Å². The lowest BCUT2D eigenvalue weighted by atomic mass is 10.3. The van der Waals surface area contributed by atoms with Crippen molar-refractivity contribution in [3.8, 4) is 0 Å². The van der Waals surface area contributed by atoms with Gasteiger partial charge < -0.3 is 14.7 Å². The van der Waals surface area contributed by atoms with Gasteiger partial charge in [0.2, 0.25) is 0 Å². The summed E-state index contributed by atoms with van der Waals surface area (Å²) in [5.41, 5.74) is 0. The SMILES string of the molecule is CN1CCN(c2cc(N3CCCC3)ncn2)CC1. The molecule has 0 saturated carbocycles. The molecule has 2 aliphatic heterocycles. The van der Waals surface area contributed by atoms with Gasteiger partial charge in [0.05, 0.1) is 0 Å². The number of likely N-dealkylation sites (N-methyl/N-ethyl adjacent to an activating group) is 1. The minimum absolute atomic E-state index is 1.06. The fraction of sp³-hybridized carbons (Fsp3) is 0.692. The molecule has 2 aliphatic rings. The maximum Gasteiger partial charge on any atom is 0.134 e. The summed E-state index contributed by atoms with van der Waals surface area (Å²) >= 11 is 0. The van der Waals surface area contributed by atoms with E-state index in [0.717, 1.165) is 50.9 Å². The van der Waals surface area contributed by atoms with E-state index < -0.39 is 0 Å². The topological polar surface area (TPSA) is 35.5 Å². The van der Waals surface area contributed by atoms with Crippen LogP contribution in [0.15, 0.2) is 12.4 Å². The van der Waals surface area contributed by atoms with E-state index in [1.165, 1.54) is 12.8 Å². The van der Waals surface area contributed by atoms with E-state index in [-0.39, 0.29) is 0 Å². The molecule has 0 spiro atoms. The zero-order valence-electron chi connectivity index (χ0n) is 11.0. The number of hydrogen-bond donors (Lipinski definition) is 0. The van der Waals surface area contributed by atoms with Crippen LogP contribution in [0.25, 0.3) is 0 Å². The Balaban J connectivity index is 1.74. The molecule has 0 bridgehead atoms. The molecule has 3 heterocycles. The normalized spacial score (nSPS) is 21.6. The summed E-state index contributed by atoms with van der Waals surface area (Å²) in [5.74, 6) is 2.18. The second-order valence-electron chi connectivity index (χ2n) is 5.22. The molecule has 0 amide bonds. The molecule has 1 aromatic rings. The molecule has 5 heteroatoms. The van der Waals surface area contributed by atoms with E-state index in [4.69, 9.17) is 0 Å². The quantitative estimate of drug-likeness (QED) is 0.773.